The van der Waals surface area contributed by atoms with E-state index >= 15 is 0 Å². The molecule has 1 aromatic carbocycles. The van der Waals surface area contributed by atoms with Crippen LogP contribution in [0.25, 0.3) is 0 Å². The molecule has 1 aliphatic rings. The van der Waals surface area contributed by atoms with E-state index in [1.54, 1.807) is 6.92 Å². The molecule has 2 rings (SSSR count). The van der Waals surface area contributed by atoms with Crippen molar-refractivity contribution in [3.05, 3.63) is 29.6 Å². The van der Waals surface area contributed by atoms with Gasteiger partial charge in [-0.2, -0.15) is 0 Å². The fraction of sp³-hybridized carbons (Fsp3) is 0.500. The Hall–Kier alpha value is -0.980. The van der Waals surface area contributed by atoms with Crippen molar-refractivity contribution in [2.24, 2.45) is 0 Å². The Bertz CT molecular complexity index is 552. The molecule has 0 heterocycles. The molecule has 0 saturated heterocycles. The lowest BCUT2D eigenvalue weighted by atomic mass is 9.81. The summed E-state index contributed by atoms with van der Waals surface area (Å²) in [5, 5.41) is 9.82. The van der Waals surface area contributed by atoms with Gasteiger partial charge in [-0.15, -0.1) is 0 Å². The fourth-order valence-corrected chi connectivity index (χ4v) is 3.17. The molecule has 18 heavy (non-hydrogen) atoms. The summed E-state index contributed by atoms with van der Waals surface area (Å²) in [5.41, 5.74) is -0.299. The average molecular weight is 273 g/mol. The van der Waals surface area contributed by atoms with Gasteiger partial charge >= 0.3 is 0 Å². The van der Waals surface area contributed by atoms with E-state index in [-0.39, 0.29) is 11.4 Å². The van der Waals surface area contributed by atoms with Crippen LogP contribution in [0.2, 0.25) is 0 Å². The van der Waals surface area contributed by atoms with Gasteiger partial charge < -0.3 is 5.11 Å². The first-order valence-electron chi connectivity index (χ1n) is 5.81. The van der Waals surface area contributed by atoms with Crippen LogP contribution in [0, 0.1) is 12.7 Å². The highest BCUT2D eigenvalue weighted by Crippen LogP contribution is 2.31. The standard InChI is InChI=1S/C12H16FNO3S/c1-9-3-4-10(13)11(7-9)18(16,17)14-8-12(15)5-2-6-12/h3-4,7,14-15H,2,5-6,8H2,1H3. The summed E-state index contributed by atoms with van der Waals surface area (Å²) in [6, 6.07) is 3.91. The van der Waals surface area contributed by atoms with E-state index < -0.39 is 21.4 Å². The molecular weight excluding hydrogens is 257 g/mol. The second-order valence-electron chi connectivity index (χ2n) is 4.84. The Morgan fingerprint density at radius 3 is 2.67 bits per heavy atom. The molecule has 1 fully saturated rings. The Morgan fingerprint density at radius 1 is 1.44 bits per heavy atom. The van der Waals surface area contributed by atoms with E-state index in [1.807, 2.05) is 0 Å². The monoisotopic (exact) mass is 273 g/mol. The normalized spacial score (nSPS) is 18.4. The minimum atomic E-state index is -3.91. The lowest BCUT2D eigenvalue weighted by Gasteiger charge is -2.36. The van der Waals surface area contributed by atoms with Crippen molar-refractivity contribution in [1.82, 2.24) is 4.72 Å². The highest BCUT2D eigenvalue weighted by atomic mass is 32.2. The van der Waals surface area contributed by atoms with Crippen molar-refractivity contribution < 1.29 is 17.9 Å². The Balaban J connectivity index is 2.17. The lowest BCUT2D eigenvalue weighted by Crippen LogP contribution is -2.47. The largest absolute Gasteiger partial charge is 0.389 e. The molecule has 0 radical (unpaired) electrons. The number of sulfonamides is 1. The van der Waals surface area contributed by atoms with Gasteiger partial charge in [0.15, 0.2) is 0 Å². The second kappa shape index (κ2) is 4.60. The number of nitrogens with one attached hydrogen (secondary N) is 1. The molecule has 0 amide bonds. The third-order valence-corrected chi connectivity index (χ3v) is 4.67. The minimum Gasteiger partial charge on any atom is -0.389 e. The smallest absolute Gasteiger partial charge is 0.243 e. The van der Waals surface area contributed by atoms with Crippen molar-refractivity contribution >= 4 is 10.0 Å². The zero-order valence-corrected chi connectivity index (χ0v) is 10.9. The van der Waals surface area contributed by atoms with Crippen LogP contribution in [0.5, 0.6) is 0 Å². The van der Waals surface area contributed by atoms with Crippen LogP contribution in [-0.4, -0.2) is 25.7 Å². The zero-order chi connectivity index (χ0) is 13.4. The van der Waals surface area contributed by atoms with Gasteiger partial charge in [-0.3, -0.25) is 0 Å². The van der Waals surface area contributed by atoms with Crippen molar-refractivity contribution in [2.45, 2.75) is 36.7 Å². The second-order valence-corrected chi connectivity index (χ2v) is 6.57. The van der Waals surface area contributed by atoms with Gasteiger partial charge in [0.1, 0.15) is 10.7 Å². The summed E-state index contributed by atoms with van der Waals surface area (Å²) in [5.74, 6) is -0.784. The van der Waals surface area contributed by atoms with Crippen molar-refractivity contribution in [1.29, 1.82) is 0 Å². The molecule has 0 aromatic heterocycles. The molecule has 0 aliphatic heterocycles. The Morgan fingerprint density at radius 2 is 2.11 bits per heavy atom. The molecule has 100 valence electrons. The van der Waals surface area contributed by atoms with E-state index in [1.165, 1.54) is 12.1 Å². The third-order valence-electron chi connectivity index (χ3n) is 3.25. The molecule has 0 atom stereocenters. The molecule has 0 spiro atoms. The number of hydrogen-bond donors (Lipinski definition) is 2. The van der Waals surface area contributed by atoms with E-state index in [9.17, 15) is 17.9 Å². The quantitative estimate of drug-likeness (QED) is 0.869. The predicted octanol–water partition coefficient (Wildman–Crippen LogP) is 1.33. The van der Waals surface area contributed by atoms with E-state index in [2.05, 4.69) is 4.72 Å². The molecule has 1 saturated carbocycles. The van der Waals surface area contributed by atoms with E-state index in [0.29, 0.717) is 18.4 Å². The predicted molar refractivity (Wildman–Crippen MR) is 65.1 cm³/mol. The van der Waals surface area contributed by atoms with Crippen LogP contribution in [0.4, 0.5) is 4.39 Å². The van der Waals surface area contributed by atoms with E-state index in [4.69, 9.17) is 0 Å². The highest BCUT2D eigenvalue weighted by molar-refractivity contribution is 7.89. The van der Waals surface area contributed by atoms with Crippen LogP contribution in [0.1, 0.15) is 24.8 Å². The Labute approximate surface area is 106 Å². The van der Waals surface area contributed by atoms with Crippen molar-refractivity contribution in [3.8, 4) is 0 Å². The molecular formula is C12H16FNO3S. The summed E-state index contributed by atoms with van der Waals surface area (Å²) in [7, 11) is -3.91. The van der Waals surface area contributed by atoms with Gasteiger partial charge in [-0.1, -0.05) is 6.07 Å². The third kappa shape index (κ3) is 2.71. The van der Waals surface area contributed by atoms with Crippen LogP contribution in [-0.2, 0) is 10.0 Å². The van der Waals surface area contributed by atoms with E-state index in [0.717, 1.165) is 12.5 Å². The number of aryl methyl sites for hydroxylation is 1. The first-order chi connectivity index (χ1) is 8.32. The summed E-state index contributed by atoms with van der Waals surface area (Å²) in [6.45, 7) is 1.63. The van der Waals surface area contributed by atoms with Gasteiger partial charge in [0, 0.05) is 6.54 Å². The lowest BCUT2D eigenvalue weighted by molar-refractivity contribution is -0.0271. The van der Waals surface area contributed by atoms with Gasteiger partial charge in [-0.25, -0.2) is 17.5 Å². The maximum atomic E-state index is 13.5. The molecule has 1 aromatic rings. The molecule has 1 aliphatic carbocycles. The molecule has 0 bridgehead atoms. The number of rotatable bonds is 4. The van der Waals surface area contributed by atoms with Crippen LogP contribution < -0.4 is 4.72 Å². The first-order valence-corrected chi connectivity index (χ1v) is 7.29. The maximum Gasteiger partial charge on any atom is 0.243 e. The van der Waals surface area contributed by atoms with Crippen molar-refractivity contribution in [2.75, 3.05) is 6.54 Å². The number of halogens is 1. The average Bonchev–Trinajstić information content (AvgIpc) is 2.27. The molecule has 2 N–H and O–H groups in total. The molecule has 6 heteroatoms. The number of hydrogen-bond acceptors (Lipinski definition) is 3. The molecule has 4 nitrogen and oxygen atoms in total. The van der Waals surface area contributed by atoms with Gasteiger partial charge in [0.25, 0.3) is 0 Å². The zero-order valence-electron chi connectivity index (χ0n) is 10.1. The minimum absolute atomic E-state index is 0.0668. The summed E-state index contributed by atoms with van der Waals surface area (Å²) in [6.07, 6.45) is 2.04. The maximum absolute atomic E-state index is 13.5. The SMILES string of the molecule is Cc1ccc(F)c(S(=O)(=O)NCC2(O)CCC2)c1. The van der Waals surface area contributed by atoms with Gasteiger partial charge in [-0.05, 0) is 43.9 Å². The topological polar surface area (TPSA) is 66.4 Å². The Kier molecular flexibility index (Phi) is 3.44. The first kappa shape index (κ1) is 13.5. The van der Waals surface area contributed by atoms with Crippen LogP contribution >= 0.6 is 0 Å². The van der Waals surface area contributed by atoms with Crippen LogP contribution in [0.15, 0.2) is 23.1 Å². The van der Waals surface area contributed by atoms with Gasteiger partial charge in [0.05, 0.1) is 5.60 Å². The van der Waals surface area contributed by atoms with Gasteiger partial charge in [0.2, 0.25) is 10.0 Å². The fourth-order valence-electron chi connectivity index (χ4n) is 1.89. The summed E-state index contributed by atoms with van der Waals surface area (Å²) >= 11 is 0. The molecule has 0 unspecified atom stereocenters. The van der Waals surface area contributed by atoms with Crippen LogP contribution in [0.3, 0.4) is 0 Å². The number of benzene rings is 1. The number of aliphatic hydroxyl groups is 1. The highest BCUT2D eigenvalue weighted by Gasteiger charge is 2.35. The summed E-state index contributed by atoms with van der Waals surface area (Å²) < 4.78 is 39.6. The summed E-state index contributed by atoms with van der Waals surface area (Å²) in [4.78, 5) is -0.370. The van der Waals surface area contributed by atoms with Crippen molar-refractivity contribution in [3.63, 3.8) is 0 Å².